The van der Waals surface area contributed by atoms with Gasteiger partial charge < -0.3 is 19.8 Å². The Hall–Kier alpha value is -2.05. The number of hydrogen-bond donors (Lipinski definition) is 2. The number of aryl methyl sites for hydroxylation is 2. The molecule has 0 aliphatic rings. The molecule has 0 fully saturated rings. The number of amides is 2. The highest BCUT2D eigenvalue weighted by molar-refractivity contribution is 5.80. The molecule has 0 aliphatic heterocycles. The zero-order valence-corrected chi connectivity index (χ0v) is 12.5. The van der Waals surface area contributed by atoms with Crippen molar-refractivity contribution >= 4 is 12.0 Å². The molecule has 1 aromatic heterocycles. The van der Waals surface area contributed by atoms with Crippen LogP contribution < -0.4 is 5.32 Å². The Morgan fingerprint density at radius 2 is 1.95 bits per heavy atom. The first-order valence-corrected chi connectivity index (χ1v) is 6.32. The van der Waals surface area contributed by atoms with Gasteiger partial charge in [0.2, 0.25) is 0 Å². The Morgan fingerprint density at radius 1 is 1.35 bits per heavy atom. The van der Waals surface area contributed by atoms with Crippen LogP contribution in [0.2, 0.25) is 0 Å². The van der Waals surface area contributed by atoms with Gasteiger partial charge in [-0.3, -0.25) is 4.79 Å². The van der Waals surface area contributed by atoms with Crippen LogP contribution in [-0.2, 0) is 11.3 Å². The second kappa shape index (κ2) is 5.94. The van der Waals surface area contributed by atoms with Gasteiger partial charge in [0.15, 0.2) is 0 Å². The van der Waals surface area contributed by atoms with E-state index in [0.717, 1.165) is 5.56 Å². The number of aliphatic carboxylic acids is 1. The number of rotatable bonds is 4. The second-order valence-corrected chi connectivity index (χ2v) is 5.61. The highest BCUT2D eigenvalue weighted by atomic mass is 16.5. The molecule has 1 rings (SSSR count). The molecular weight excluding hydrogens is 262 g/mol. The summed E-state index contributed by atoms with van der Waals surface area (Å²) in [6.07, 6.45) is 0. The maximum absolute atomic E-state index is 12.1. The minimum Gasteiger partial charge on any atom is -0.480 e. The minimum atomic E-state index is -1.05. The first-order chi connectivity index (χ1) is 9.12. The first kappa shape index (κ1) is 16.0. The Labute approximate surface area is 117 Å². The zero-order valence-electron chi connectivity index (χ0n) is 12.5. The predicted molar refractivity (Wildman–Crippen MR) is 72.3 cm³/mol. The fraction of sp³-hybridized carbons (Fsp3) is 0.615. The monoisotopic (exact) mass is 283 g/mol. The van der Waals surface area contributed by atoms with E-state index in [9.17, 15) is 9.59 Å². The quantitative estimate of drug-likeness (QED) is 0.876. The smallest absolute Gasteiger partial charge is 0.323 e. The average Bonchev–Trinajstić information content (AvgIpc) is 2.61. The van der Waals surface area contributed by atoms with Crippen LogP contribution in [-0.4, -0.2) is 39.2 Å². The van der Waals surface area contributed by atoms with Crippen molar-refractivity contribution in [1.82, 2.24) is 15.4 Å². The average molecular weight is 283 g/mol. The summed E-state index contributed by atoms with van der Waals surface area (Å²) in [7, 11) is 0. The highest BCUT2D eigenvalue weighted by Gasteiger charge is 2.28. The van der Waals surface area contributed by atoms with Gasteiger partial charge in [-0.1, -0.05) is 5.16 Å². The van der Waals surface area contributed by atoms with Crippen molar-refractivity contribution < 1.29 is 19.2 Å². The van der Waals surface area contributed by atoms with Gasteiger partial charge in [0.05, 0.1) is 5.69 Å². The molecule has 2 N–H and O–H groups in total. The van der Waals surface area contributed by atoms with E-state index in [2.05, 4.69) is 10.5 Å². The molecule has 0 bridgehead atoms. The summed E-state index contributed by atoms with van der Waals surface area (Å²) in [4.78, 5) is 24.3. The number of carbonyl (C=O) groups excluding carboxylic acids is 1. The Kier molecular flexibility index (Phi) is 4.75. The molecule has 20 heavy (non-hydrogen) atoms. The third-order valence-electron chi connectivity index (χ3n) is 2.95. The van der Waals surface area contributed by atoms with Gasteiger partial charge in [-0.15, -0.1) is 0 Å². The van der Waals surface area contributed by atoms with Crippen molar-refractivity contribution in [3.8, 4) is 0 Å². The minimum absolute atomic E-state index is 0.256. The normalized spacial score (nSPS) is 11.2. The van der Waals surface area contributed by atoms with Crippen molar-refractivity contribution in [2.45, 2.75) is 46.7 Å². The van der Waals surface area contributed by atoms with Crippen LogP contribution in [0.15, 0.2) is 4.52 Å². The van der Waals surface area contributed by atoms with Crippen molar-refractivity contribution in [2.24, 2.45) is 0 Å². The van der Waals surface area contributed by atoms with Crippen LogP contribution in [0.4, 0.5) is 4.79 Å². The standard InChI is InChI=1S/C13H21N3O4/c1-8-10(9(2)20-15-8)6-14-12(19)16(7-11(17)18)13(3,4)5/h6-7H2,1-5H3,(H,14,19)(H,17,18). The van der Waals surface area contributed by atoms with E-state index in [0.29, 0.717) is 11.5 Å². The summed E-state index contributed by atoms with van der Waals surface area (Å²) >= 11 is 0. The summed E-state index contributed by atoms with van der Waals surface area (Å²) in [5.41, 5.74) is 0.937. The van der Waals surface area contributed by atoms with E-state index >= 15 is 0 Å². The lowest BCUT2D eigenvalue weighted by atomic mass is 10.1. The molecule has 1 heterocycles. The molecule has 0 saturated carbocycles. The number of nitrogens with one attached hydrogen (secondary N) is 1. The molecule has 0 saturated heterocycles. The fourth-order valence-corrected chi connectivity index (χ4v) is 1.76. The Bertz CT molecular complexity index is 483. The van der Waals surface area contributed by atoms with Crippen LogP contribution in [0.25, 0.3) is 0 Å². The molecule has 0 aromatic carbocycles. The number of carboxylic acid groups (broad SMARTS) is 1. The number of hydrogen-bond acceptors (Lipinski definition) is 4. The first-order valence-electron chi connectivity index (χ1n) is 6.32. The van der Waals surface area contributed by atoms with Gasteiger partial charge >= 0.3 is 12.0 Å². The Morgan fingerprint density at radius 3 is 2.35 bits per heavy atom. The molecule has 1 aromatic rings. The summed E-state index contributed by atoms with van der Waals surface area (Å²) in [6.45, 7) is 8.81. The lowest BCUT2D eigenvalue weighted by Crippen LogP contribution is -2.52. The topological polar surface area (TPSA) is 95.7 Å². The molecule has 7 heteroatoms. The summed E-state index contributed by atoms with van der Waals surface area (Å²) in [6, 6.07) is -0.431. The van der Waals surface area contributed by atoms with Crippen LogP contribution in [0.1, 0.15) is 37.8 Å². The van der Waals surface area contributed by atoms with Crippen LogP contribution in [0.5, 0.6) is 0 Å². The van der Waals surface area contributed by atoms with Gasteiger partial charge in [-0.05, 0) is 34.6 Å². The van der Waals surface area contributed by atoms with Crippen LogP contribution in [0.3, 0.4) is 0 Å². The van der Waals surface area contributed by atoms with E-state index in [-0.39, 0.29) is 13.1 Å². The fourth-order valence-electron chi connectivity index (χ4n) is 1.76. The largest absolute Gasteiger partial charge is 0.480 e. The molecule has 7 nitrogen and oxygen atoms in total. The van der Waals surface area contributed by atoms with E-state index in [1.54, 1.807) is 34.6 Å². The van der Waals surface area contributed by atoms with Gasteiger partial charge in [0, 0.05) is 17.6 Å². The summed E-state index contributed by atoms with van der Waals surface area (Å²) < 4.78 is 5.01. The number of aromatic nitrogens is 1. The van der Waals surface area contributed by atoms with Gasteiger partial charge in [-0.25, -0.2) is 4.79 Å². The maximum atomic E-state index is 12.1. The molecular formula is C13H21N3O4. The third kappa shape index (κ3) is 3.97. The molecule has 112 valence electrons. The zero-order chi connectivity index (χ0) is 15.5. The van der Waals surface area contributed by atoms with Crippen molar-refractivity contribution in [3.05, 3.63) is 17.0 Å². The number of nitrogens with zero attached hydrogens (tertiary/aromatic N) is 2. The van der Waals surface area contributed by atoms with Gasteiger partial charge in [0.1, 0.15) is 12.3 Å². The lowest BCUT2D eigenvalue weighted by Gasteiger charge is -2.34. The molecule has 0 atom stereocenters. The molecule has 0 unspecified atom stereocenters. The molecule has 0 spiro atoms. The molecule has 0 radical (unpaired) electrons. The number of carbonyl (C=O) groups is 2. The van der Waals surface area contributed by atoms with E-state index < -0.39 is 17.5 Å². The summed E-state index contributed by atoms with van der Waals surface area (Å²) in [5.74, 6) is -0.407. The maximum Gasteiger partial charge on any atom is 0.323 e. The molecule has 0 aliphatic carbocycles. The van der Waals surface area contributed by atoms with Crippen LogP contribution >= 0.6 is 0 Å². The van der Waals surface area contributed by atoms with E-state index in [4.69, 9.17) is 9.63 Å². The Balaban J connectivity index is 2.75. The SMILES string of the molecule is Cc1noc(C)c1CNC(=O)N(CC(=O)O)C(C)(C)C. The number of urea groups is 1. The van der Waals surface area contributed by atoms with Crippen LogP contribution in [0, 0.1) is 13.8 Å². The predicted octanol–water partition coefficient (Wildman–Crippen LogP) is 1.69. The van der Waals surface area contributed by atoms with Crippen molar-refractivity contribution in [2.75, 3.05) is 6.54 Å². The third-order valence-corrected chi connectivity index (χ3v) is 2.95. The molecule has 2 amide bonds. The van der Waals surface area contributed by atoms with Crippen molar-refractivity contribution in [1.29, 1.82) is 0 Å². The summed E-state index contributed by atoms with van der Waals surface area (Å²) in [5, 5.41) is 15.4. The second-order valence-electron chi connectivity index (χ2n) is 5.61. The van der Waals surface area contributed by atoms with Gasteiger partial charge in [-0.2, -0.15) is 0 Å². The lowest BCUT2D eigenvalue weighted by molar-refractivity contribution is -0.138. The highest BCUT2D eigenvalue weighted by Crippen LogP contribution is 2.15. The van der Waals surface area contributed by atoms with E-state index in [1.807, 2.05) is 0 Å². The van der Waals surface area contributed by atoms with Crippen molar-refractivity contribution in [3.63, 3.8) is 0 Å². The van der Waals surface area contributed by atoms with E-state index in [1.165, 1.54) is 4.90 Å². The number of carboxylic acids is 1. The van der Waals surface area contributed by atoms with Gasteiger partial charge in [0.25, 0.3) is 0 Å².